The maximum atomic E-state index is 12.5. The number of hydrogen-bond acceptors (Lipinski definition) is 2. The van der Waals surface area contributed by atoms with Crippen molar-refractivity contribution in [2.24, 2.45) is 0 Å². The molecule has 0 saturated heterocycles. The van der Waals surface area contributed by atoms with Gasteiger partial charge in [-0.1, -0.05) is 18.2 Å². The summed E-state index contributed by atoms with van der Waals surface area (Å²) in [5, 5.41) is 0. The average molecular weight is 246 g/mol. The second kappa shape index (κ2) is 5.21. The Kier molecular flexibility index (Phi) is 4.15. The van der Waals surface area contributed by atoms with E-state index in [0.717, 1.165) is 12.1 Å². The lowest BCUT2D eigenvalue weighted by molar-refractivity contribution is -0.145. The maximum Gasteiger partial charge on any atom is 0.416 e. The van der Waals surface area contributed by atoms with E-state index >= 15 is 0 Å². The molecular formula is C12H13F3O2. The third-order valence-corrected chi connectivity index (χ3v) is 2.35. The van der Waals surface area contributed by atoms with Gasteiger partial charge in [-0.3, -0.25) is 4.79 Å². The monoisotopic (exact) mass is 246 g/mol. The fraction of sp³-hybridized carbons (Fsp3) is 0.417. The summed E-state index contributed by atoms with van der Waals surface area (Å²) in [5.74, 6) is -1.22. The van der Waals surface area contributed by atoms with Crippen molar-refractivity contribution < 1.29 is 22.7 Å². The molecule has 1 aromatic rings. The summed E-state index contributed by atoms with van der Waals surface area (Å²) in [4.78, 5) is 11.4. The number of ether oxygens (including phenoxy) is 1. The van der Waals surface area contributed by atoms with Crippen LogP contribution in [0.4, 0.5) is 13.2 Å². The predicted octanol–water partition coefficient (Wildman–Crippen LogP) is 3.37. The molecule has 0 heterocycles. The van der Waals surface area contributed by atoms with E-state index in [1.807, 2.05) is 0 Å². The SMILES string of the molecule is CCOC(=O)C(C)c1cccc(C(F)(F)F)c1. The Bertz CT molecular complexity index is 399. The minimum atomic E-state index is -4.40. The Labute approximate surface area is 97.4 Å². The molecule has 0 aliphatic carbocycles. The first-order valence-corrected chi connectivity index (χ1v) is 5.20. The van der Waals surface area contributed by atoms with Gasteiger partial charge >= 0.3 is 12.1 Å². The molecule has 0 bridgehead atoms. The number of alkyl halides is 3. The molecule has 0 N–H and O–H groups in total. The van der Waals surface area contributed by atoms with E-state index < -0.39 is 23.6 Å². The van der Waals surface area contributed by atoms with E-state index in [-0.39, 0.29) is 6.61 Å². The van der Waals surface area contributed by atoms with Crippen LogP contribution in [-0.4, -0.2) is 12.6 Å². The molecule has 0 fully saturated rings. The molecule has 5 heteroatoms. The van der Waals surface area contributed by atoms with E-state index in [1.165, 1.54) is 19.1 Å². The van der Waals surface area contributed by atoms with Gasteiger partial charge in [0.05, 0.1) is 18.1 Å². The number of rotatable bonds is 3. The summed E-state index contributed by atoms with van der Waals surface area (Å²) in [6, 6.07) is 4.72. The highest BCUT2D eigenvalue weighted by Crippen LogP contribution is 2.31. The molecule has 1 aromatic carbocycles. The lowest BCUT2D eigenvalue weighted by atomic mass is 9.99. The quantitative estimate of drug-likeness (QED) is 0.764. The fourth-order valence-corrected chi connectivity index (χ4v) is 1.39. The van der Waals surface area contributed by atoms with Crippen LogP contribution in [0.25, 0.3) is 0 Å². The van der Waals surface area contributed by atoms with Crippen molar-refractivity contribution in [2.75, 3.05) is 6.61 Å². The molecule has 0 amide bonds. The standard InChI is InChI=1S/C12H13F3O2/c1-3-17-11(16)8(2)9-5-4-6-10(7-9)12(13,14)15/h4-8H,3H2,1-2H3. The molecule has 2 nitrogen and oxygen atoms in total. The van der Waals surface area contributed by atoms with Crippen LogP contribution in [0.3, 0.4) is 0 Å². The first-order chi connectivity index (χ1) is 7.86. The first-order valence-electron chi connectivity index (χ1n) is 5.20. The Balaban J connectivity index is 2.96. The number of carbonyl (C=O) groups excluding carboxylic acids is 1. The second-order valence-corrected chi connectivity index (χ2v) is 3.60. The Hall–Kier alpha value is -1.52. The number of hydrogen-bond donors (Lipinski definition) is 0. The minimum Gasteiger partial charge on any atom is -0.466 e. The predicted molar refractivity (Wildman–Crippen MR) is 56.5 cm³/mol. The van der Waals surface area contributed by atoms with Gasteiger partial charge in [0.25, 0.3) is 0 Å². The summed E-state index contributed by atoms with van der Waals surface area (Å²) in [6.07, 6.45) is -4.40. The zero-order valence-electron chi connectivity index (χ0n) is 9.54. The molecule has 1 unspecified atom stereocenters. The largest absolute Gasteiger partial charge is 0.466 e. The summed E-state index contributed by atoms with van der Waals surface area (Å²) in [6.45, 7) is 3.38. The first kappa shape index (κ1) is 13.5. The highest BCUT2D eigenvalue weighted by molar-refractivity contribution is 5.77. The van der Waals surface area contributed by atoms with Crippen molar-refractivity contribution in [3.05, 3.63) is 35.4 Å². The van der Waals surface area contributed by atoms with Crippen LogP contribution in [0.1, 0.15) is 30.9 Å². The zero-order chi connectivity index (χ0) is 13.1. The summed E-state index contributed by atoms with van der Waals surface area (Å²) in [7, 11) is 0. The zero-order valence-corrected chi connectivity index (χ0v) is 9.54. The van der Waals surface area contributed by atoms with Crippen molar-refractivity contribution in [3.63, 3.8) is 0 Å². The van der Waals surface area contributed by atoms with E-state index in [4.69, 9.17) is 4.74 Å². The highest BCUT2D eigenvalue weighted by Gasteiger charge is 2.31. The molecule has 0 radical (unpaired) electrons. The van der Waals surface area contributed by atoms with Crippen LogP contribution in [0.5, 0.6) is 0 Å². The summed E-state index contributed by atoms with van der Waals surface area (Å²) < 4.78 is 42.2. The molecule has 0 aromatic heterocycles. The van der Waals surface area contributed by atoms with E-state index in [9.17, 15) is 18.0 Å². The van der Waals surface area contributed by atoms with Gasteiger partial charge in [0.1, 0.15) is 0 Å². The number of carbonyl (C=O) groups is 1. The molecule has 0 spiro atoms. The second-order valence-electron chi connectivity index (χ2n) is 3.60. The molecular weight excluding hydrogens is 233 g/mol. The average Bonchev–Trinajstić information content (AvgIpc) is 2.27. The van der Waals surface area contributed by atoms with Gasteiger partial charge < -0.3 is 4.74 Å². The minimum absolute atomic E-state index is 0.210. The molecule has 0 saturated carbocycles. The Morgan fingerprint density at radius 3 is 2.59 bits per heavy atom. The Morgan fingerprint density at radius 1 is 1.41 bits per heavy atom. The molecule has 0 aliphatic heterocycles. The van der Waals surface area contributed by atoms with Crippen LogP contribution >= 0.6 is 0 Å². The molecule has 1 atom stereocenters. The van der Waals surface area contributed by atoms with Gasteiger partial charge in [0, 0.05) is 0 Å². The third-order valence-electron chi connectivity index (χ3n) is 2.35. The van der Waals surface area contributed by atoms with Gasteiger partial charge in [0.15, 0.2) is 0 Å². The van der Waals surface area contributed by atoms with E-state index in [1.54, 1.807) is 6.92 Å². The number of esters is 1. The summed E-state index contributed by atoms with van der Waals surface area (Å²) in [5.41, 5.74) is -0.454. The van der Waals surface area contributed by atoms with Crippen molar-refractivity contribution in [1.29, 1.82) is 0 Å². The highest BCUT2D eigenvalue weighted by atomic mass is 19.4. The molecule has 94 valence electrons. The van der Waals surface area contributed by atoms with Crippen molar-refractivity contribution >= 4 is 5.97 Å². The molecule has 0 aliphatic rings. The topological polar surface area (TPSA) is 26.3 Å². The van der Waals surface area contributed by atoms with Crippen molar-refractivity contribution in [3.8, 4) is 0 Å². The smallest absolute Gasteiger partial charge is 0.416 e. The van der Waals surface area contributed by atoms with Crippen molar-refractivity contribution in [2.45, 2.75) is 25.9 Å². The Morgan fingerprint density at radius 2 is 2.06 bits per heavy atom. The number of benzene rings is 1. The van der Waals surface area contributed by atoms with Crippen molar-refractivity contribution in [1.82, 2.24) is 0 Å². The van der Waals surface area contributed by atoms with Crippen LogP contribution in [0, 0.1) is 0 Å². The van der Waals surface area contributed by atoms with E-state index in [0.29, 0.717) is 5.56 Å². The lowest BCUT2D eigenvalue weighted by Crippen LogP contribution is -2.14. The molecule has 17 heavy (non-hydrogen) atoms. The van der Waals surface area contributed by atoms with Gasteiger partial charge in [0.2, 0.25) is 0 Å². The summed E-state index contributed by atoms with van der Waals surface area (Å²) >= 11 is 0. The van der Waals surface area contributed by atoms with Gasteiger partial charge in [-0.05, 0) is 25.5 Å². The van der Waals surface area contributed by atoms with Crippen LogP contribution in [-0.2, 0) is 15.7 Å². The maximum absolute atomic E-state index is 12.5. The molecule has 1 rings (SSSR count). The number of halogens is 3. The van der Waals surface area contributed by atoms with E-state index in [2.05, 4.69) is 0 Å². The van der Waals surface area contributed by atoms with Crippen LogP contribution in [0.15, 0.2) is 24.3 Å². The van der Waals surface area contributed by atoms with Crippen LogP contribution < -0.4 is 0 Å². The van der Waals surface area contributed by atoms with Gasteiger partial charge in [-0.25, -0.2) is 0 Å². The van der Waals surface area contributed by atoms with Gasteiger partial charge in [-0.15, -0.1) is 0 Å². The third kappa shape index (κ3) is 3.47. The normalized spacial score (nSPS) is 13.2. The van der Waals surface area contributed by atoms with Gasteiger partial charge in [-0.2, -0.15) is 13.2 Å². The fourth-order valence-electron chi connectivity index (χ4n) is 1.39. The lowest BCUT2D eigenvalue weighted by Gasteiger charge is -2.13. The van der Waals surface area contributed by atoms with Crippen LogP contribution in [0.2, 0.25) is 0 Å².